The van der Waals surface area contributed by atoms with Crippen LogP contribution in [0.3, 0.4) is 0 Å². The summed E-state index contributed by atoms with van der Waals surface area (Å²) in [6.07, 6.45) is -4.02. The van der Waals surface area contributed by atoms with E-state index in [4.69, 9.17) is 11.6 Å². The van der Waals surface area contributed by atoms with Gasteiger partial charge in [0, 0.05) is 13.2 Å². The van der Waals surface area contributed by atoms with Crippen LogP contribution in [0.5, 0.6) is 0 Å². The minimum absolute atomic E-state index is 0.0672. The minimum atomic E-state index is -4.32. The summed E-state index contributed by atoms with van der Waals surface area (Å²) < 4.78 is 39.7. The number of amides is 1. The number of nitrogens with one attached hydrogen (secondary N) is 1. The maximum absolute atomic E-state index is 11.7. The van der Waals surface area contributed by atoms with E-state index in [-0.39, 0.29) is 19.1 Å². The zero-order valence-electron chi connectivity index (χ0n) is 9.97. The molecule has 1 rings (SSSR count). The van der Waals surface area contributed by atoms with Gasteiger partial charge < -0.3 is 10.1 Å². The number of hydrogen-bond donors (Lipinski definition) is 1. The molecule has 0 aromatic heterocycles. The van der Waals surface area contributed by atoms with Gasteiger partial charge in [-0.2, -0.15) is 13.2 Å². The maximum atomic E-state index is 11.7. The van der Waals surface area contributed by atoms with Gasteiger partial charge in [-0.25, -0.2) is 0 Å². The predicted octanol–water partition coefficient (Wildman–Crippen LogP) is 3.04. The molecule has 1 aromatic carbocycles. The fourth-order valence-corrected chi connectivity index (χ4v) is 1.53. The van der Waals surface area contributed by atoms with Gasteiger partial charge in [0.25, 0.3) is 5.91 Å². The summed E-state index contributed by atoms with van der Waals surface area (Å²) in [5.41, 5.74) is 0.334. The summed E-state index contributed by atoms with van der Waals surface area (Å²) in [5.74, 6) is -0.360. The zero-order chi connectivity index (χ0) is 14.3. The van der Waals surface area contributed by atoms with Crippen LogP contribution in [0.2, 0.25) is 5.02 Å². The molecule has 7 heteroatoms. The van der Waals surface area contributed by atoms with E-state index in [1.54, 1.807) is 24.3 Å². The molecular formula is C12H13ClF3NO2. The van der Waals surface area contributed by atoms with Gasteiger partial charge in [-0.1, -0.05) is 23.7 Å². The molecule has 0 unspecified atom stereocenters. The molecule has 0 bridgehead atoms. The van der Waals surface area contributed by atoms with Crippen molar-refractivity contribution in [3.05, 3.63) is 34.9 Å². The molecule has 0 aliphatic carbocycles. The van der Waals surface area contributed by atoms with Gasteiger partial charge in [-0.3, -0.25) is 4.79 Å². The Balaban J connectivity index is 2.20. The summed E-state index contributed by atoms with van der Waals surface area (Å²) in [4.78, 5) is 11.6. The molecule has 106 valence electrons. The van der Waals surface area contributed by atoms with Crippen molar-refractivity contribution in [2.75, 3.05) is 19.8 Å². The highest BCUT2D eigenvalue weighted by Gasteiger charge is 2.27. The fraction of sp³-hybridized carbons (Fsp3) is 0.417. The van der Waals surface area contributed by atoms with Crippen molar-refractivity contribution in [1.82, 2.24) is 5.32 Å². The van der Waals surface area contributed by atoms with Gasteiger partial charge in [0.2, 0.25) is 0 Å². The van der Waals surface area contributed by atoms with Crippen molar-refractivity contribution >= 4 is 17.5 Å². The number of halogens is 4. The molecule has 0 radical (unpaired) electrons. The quantitative estimate of drug-likeness (QED) is 0.819. The van der Waals surface area contributed by atoms with Crippen LogP contribution in [0.25, 0.3) is 0 Å². The van der Waals surface area contributed by atoms with E-state index in [2.05, 4.69) is 10.1 Å². The molecule has 0 aliphatic heterocycles. The van der Waals surface area contributed by atoms with Crippen molar-refractivity contribution in [2.24, 2.45) is 0 Å². The highest BCUT2D eigenvalue weighted by molar-refractivity contribution is 6.33. The van der Waals surface area contributed by atoms with E-state index in [1.807, 2.05) is 0 Å². The van der Waals surface area contributed by atoms with Gasteiger partial charge >= 0.3 is 6.18 Å². The Hall–Kier alpha value is -1.27. The lowest BCUT2D eigenvalue weighted by atomic mass is 10.2. The summed E-state index contributed by atoms with van der Waals surface area (Å²) in [5, 5.41) is 2.88. The first-order chi connectivity index (χ1) is 8.90. The second-order valence-electron chi connectivity index (χ2n) is 3.76. The number of ether oxygens (including phenoxy) is 1. The third-order valence-electron chi connectivity index (χ3n) is 2.14. The molecule has 0 saturated carbocycles. The fourth-order valence-electron chi connectivity index (χ4n) is 1.30. The minimum Gasteiger partial charge on any atom is -0.372 e. The van der Waals surface area contributed by atoms with Crippen LogP contribution in [0.4, 0.5) is 13.2 Å². The Morgan fingerprint density at radius 3 is 2.63 bits per heavy atom. The highest BCUT2D eigenvalue weighted by Crippen LogP contribution is 2.15. The summed E-state index contributed by atoms with van der Waals surface area (Å²) in [6, 6.07) is 6.53. The Labute approximate surface area is 113 Å². The van der Waals surface area contributed by atoms with E-state index in [9.17, 15) is 18.0 Å². The number of hydrogen-bond acceptors (Lipinski definition) is 2. The molecule has 0 aliphatic rings. The molecule has 1 aromatic rings. The van der Waals surface area contributed by atoms with Crippen LogP contribution < -0.4 is 5.32 Å². The van der Waals surface area contributed by atoms with Crippen LogP contribution in [-0.2, 0) is 4.74 Å². The molecule has 0 spiro atoms. The average Bonchev–Trinajstić information content (AvgIpc) is 2.32. The standard InChI is InChI=1S/C12H13ClF3NO2/c13-10-5-2-1-4-9(10)11(18)17-6-3-7-19-8-12(14,15)16/h1-2,4-5H,3,6-8H2,(H,17,18). The lowest BCUT2D eigenvalue weighted by Crippen LogP contribution is -2.26. The van der Waals surface area contributed by atoms with Gasteiger partial charge in [0.05, 0.1) is 10.6 Å². The number of alkyl halides is 3. The van der Waals surface area contributed by atoms with Crippen molar-refractivity contribution in [1.29, 1.82) is 0 Å². The molecule has 19 heavy (non-hydrogen) atoms. The van der Waals surface area contributed by atoms with Crippen molar-refractivity contribution in [3.8, 4) is 0 Å². The van der Waals surface area contributed by atoms with Crippen LogP contribution in [-0.4, -0.2) is 31.8 Å². The first-order valence-electron chi connectivity index (χ1n) is 5.57. The Bertz CT molecular complexity index is 424. The van der Waals surface area contributed by atoms with Crippen LogP contribution in [0, 0.1) is 0 Å². The van der Waals surface area contributed by atoms with Crippen LogP contribution in [0.1, 0.15) is 16.8 Å². The Morgan fingerprint density at radius 1 is 1.32 bits per heavy atom. The second-order valence-corrected chi connectivity index (χ2v) is 4.16. The smallest absolute Gasteiger partial charge is 0.372 e. The average molecular weight is 296 g/mol. The van der Waals surface area contributed by atoms with Crippen molar-refractivity contribution in [3.63, 3.8) is 0 Å². The topological polar surface area (TPSA) is 38.3 Å². The third-order valence-corrected chi connectivity index (χ3v) is 2.46. The number of carbonyl (C=O) groups is 1. The Kier molecular flexibility index (Phi) is 6.11. The van der Waals surface area contributed by atoms with Gasteiger partial charge in [0.1, 0.15) is 6.61 Å². The van der Waals surface area contributed by atoms with Gasteiger partial charge in [-0.15, -0.1) is 0 Å². The van der Waals surface area contributed by atoms with Gasteiger partial charge in [-0.05, 0) is 18.6 Å². The second kappa shape index (κ2) is 7.35. The number of carbonyl (C=O) groups excluding carboxylic acids is 1. The third kappa shape index (κ3) is 6.45. The van der Waals surface area contributed by atoms with E-state index in [0.717, 1.165) is 0 Å². The number of rotatable bonds is 6. The van der Waals surface area contributed by atoms with E-state index >= 15 is 0 Å². The molecule has 0 heterocycles. The molecule has 1 amide bonds. The Morgan fingerprint density at radius 2 is 2.00 bits per heavy atom. The molecule has 0 atom stereocenters. The molecule has 3 nitrogen and oxygen atoms in total. The summed E-state index contributed by atoms with van der Waals surface area (Å²) >= 11 is 5.82. The molecule has 0 saturated heterocycles. The monoisotopic (exact) mass is 295 g/mol. The first-order valence-corrected chi connectivity index (χ1v) is 5.95. The van der Waals surface area contributed by atoms with E-state index in [0.29, 0.717) is 17.0 Å². The SMILES string of the molecule is O=C(NCCCOCC(F)(F)F)c1ccccc1Cl. The summed E-state index contributed by atoms with van der Waals surface area (Å²) in [7, 11) is 0. The molecule has 1 N–H and O–H groups in total. The molecular weight excluding hydrogens is 283 g/mol. The van der Waals surface area contributed by atoms with Crippen molar-refractivity contribution in [2.45, 2.75) is 12.6 Å². The summed E-state index contributed by atoms with van der Waals surface area (Å²) in [6.45, 7) is -1.12. The predicted molar refractivity (Wildman–Crippen MR) is 65.3 cm³/mol. The van der Waals surface area contributed by atoms with Crippen molar-refractivity contribution < 1.29 is 22.7 Å². The van der Waals surface area contributed by atoms with E-state index in [1.165, 1.54) is 0 Å². The highest BCUT2D eigenvalue weighted by atomic mass is 35.5. The lowest BCUT2D eigenvalue weighted by Gasteiger charge is -2.08. The lowest BCUT2D eigenvalue weighted by molar-refractivity contribution is -0.173. The van der Waals surface area contributed by atoms with Crippen LogP contribution in [0.15, 0.2) is 24.3 Å². The zero-order valence-corrected chi connectivity index (χ0v) is 10.7. The first kappa shape index (κ1) is 15.8. The molecule has 0 fully saturated rings. The normalized spacial score (nSPS) is 11.4. The number of benzene rings is 1. The van der Waals surface area contributed by atoms with Crippen LogP contribution >= 0.6 is 11.6 Å². The largest absolute Gasteiger partial charge is 0.411 e. The van der Waals surface area contributed by atoms with E-state index < -0.39 is 12.8 Å². The van der Waals surface area contributed by atoms with Gasteiger partial charge in [0.15, 0.2) is 0 Å². The maximum Gasteiger partial charge on any atom is 0.411 e.